The van der Waals surface area contributed by atoms with Gasteiger partial charge in [-0.15, -0.1) is 0 Å². The van der Waals surface area contributed by atoms with Gasteiger partial charge in [-0.3, -0.25) is 0 Å². The first-order chi connectivity index (χ1) is 9.29. The molecule has 0 aliphatic carbocycles. The molecule has 1 aliphatic rings. The minimum atomic E-state index is 0.862. The van der Waals surface area contributed by atoms with E-state index in [0.29, 0.717) is 0 Å². The van der Waals surface area contributed by atoms with Crippen LogP contribution in [0.4, 0.5) is 17.1 Å². The molecule has 0 spiro atoms. The van der Waals surface area contributed by atoms with Crippen LogP contribution in [0.5, 0.6) is 0 Å². The number of benzene rings is 2. The second kappa shape index (κ2) is 4.58. The molecule has 1 heterocycles. The van der Waals surface area contributed by atoms with E-state index in [2.05, 4.69) is 65.2 Å². The van der Waals surface area contributed by atoms with E-state index in [1.165, 1.54) is 17.1 Å². The highest BCUT2D eigenvalue weighted by Gasteiger charge is 2.23. The third kappa shape index (κ3) is 1.98. The Morgan fingerprint density at radius 1 is 1.00 bits per heavy atom. The van der Waals surface area contributed by atoms with Crippen molar-refractivity contribution in [2.75, 3.05) is 23.5 Å². The summed E-state index contributed by atoms with van der Waals surface area (Å²) in [6.07, 6.45) is 0. The standard InChI is InChI=1S/C16H15N3/c1-18-12-19(16-5-3-2-4-15(16)18)14-8-6-13(7-9-14)10-11-17/h2-9H,12,17H2,1H3. The van der Waals surface area contributed by atoms with Gasteiger partial charge in [0.2, 0.25) is 0 Å². The van der Waals surface area contributed by atoms with E-state index in [4.69, 9.17) is 5.73 Å². The van der Waals surface area contributed by atoms with Gasteiger partial charge in [0.25, 0.3) is 0 Å². The number of nitrogens with two attached hydrogens (primary N) is 1. The average Bonchev–Trinajstić information content (AvgIpc) is 2.78. The van der Waals surface area contributed by atoms with Gasteiger partial charge in [0.15, 0.2) is 0 Å². The predicted molar refractivity (Wildman–Crippen MR) is 79.4 cm³/mol. The number of rotatable bonds is 1. The fourth-order valence-electron chi connectivity index (χ4n) is 2.41. The van der Waals surface area contributed by atoms with Crippen LogP contribution in [0.2, 0.25) is 0 Å². The van der Waals surface area contributed by atoms with Crippen LogP contribution in [0.15, 0.2) is 48.5 Å². The van der Waals surface area contributed by atoms with E-state index in [-0.39, 0.29) is 0 Å². The summed E-state index contributed by atoms with van der Waals surface area (Å²) in [4.78, 5) is 4.53. The maximum absolute atomic E-state index is 5.22. The molecule has 19 heavy (non-hydrogen) atoms. The molecule has 1 aliphatic heterocycles. The highest BCUT2D eigenvalue weighted by molar-refractivity contribution is 5.82. The average molecular weight is 249 g/mol. The molecule has 0 bridgehead atoms. The van der Waals surface area contributed by atoms with Crippen molar-refractivity contribution >= 4 is 17.1 Å². The van der Waals surface area contributed by atoms with Gasteiger partial charge in [0, 0.05) is 24.3 Å². The van der Waals surface area contributed by atoms with E-state index in [9.17, 15) is 0 Å². The molecule has 0 atom stereocenters. The molecular weight excluding hydrogens is 234 g/mol. The lowest BCUT2D eigenvalue weighted by Crippen LogP contribution is -2.23. The zero-order chi connectivity index (χ0) is 13.2. The quantitative estimate of drug-likeness (QED) is 0.622. The van der Waals surface area contributed by atoms with Crippen LogP contribution in [-0.2, 0) is 0 Å². The second-order valence-electron chi connectivity index (χ2n) is 4.57. The Balaban J connectivity index is 1.97. The van der Waals surface area contributed by atoms with Crippen LogP contribution in [0.1, 0.15) is 5.56 Å². The highest BCUT2D eigenvalue weighted by Crippen LogP contribution is 2.39. The van der Waals surface area contributed by atoms with Gasteiger partial charge in [-0.05, 0) is 42.3 Å². The van der Waals surface area contributed by atoms with Crippen molar-refractivity contribution in [3.63, 3.8) is 0 Å². The summed E-state index contributed by atoms with van der Waals surface area (Å²) in [5.74, 6) is 2.85. The summed E-state index contributed by atoms with van der Waals surface area (Å²) in [5.41, 5.74) is 9.82. The Kier molecular flexibility index (Phi) is 2.77. The summed E-state index contributed by atoms with van der Waals surface area (Å²) in [7, 11) is 2.10. The summed E-state index contributed by atoms with van der Waals surface area (Å²) >= 11 is 0. The van der Waals surface area contributed by atoms with Crippen LogP contribution < -0.4 is 15.5 Å². The molecule has 3 nitrogen and oxygen atoms in total. The lowest BCUT2D eigenvalue weighted by molar-refractivity contribution is 0.950. The van der Waals surface area contributed by atoms with Gasteiger partial charge in [-0.25, -0.2) is 0 Å². The molecule has 0 unspecified atom stereocenters. The van der Waals surface area contributed by atoms with Crippen molar-refractivity contribution in [3.8, 4) is 12.0 Å². The van der Waals surface area contributed by atoms with E-state index in [1.807, 2.05) is 12.1 Å². The number of hydrogen-bond acceptors (Lipinski definition) is 3. The maximum atomic E-state index is 5.22. The number of para-hydroxylation sites is 2. The zero-order valence-electron chi connectivity index (χ0n) is 10.8. The smallest absolute Gasteiger partial charge is 0.0950 e. The van der Waals surface area contributed by atoms with Crippen molar-refractivity contribution in [2.45, 2.75) is 0 Å². The van der Waals surface area contributed by atoms with Gasteiger partial charge in [-0.2, -0.15) is 0 Å². The third-order valence-corrected chi connectivity index (χ3v) is 3.33. The largest absolute Gasteiger partial charge is 0.359 e. The van der Waals surface area contributed by atoms with Crippen LogP contribution in [0.3, 0.4) is 0 Å². The van der Waals surface area contributed by atoms with Crippen LogP contribution in [0, 0.1) is 12.0 Å². The SMILES string of the molecule is CN1CN(c2ccc(C#CN)cc2)c2ccccc21. The van der Waals surface area contributed by atoms with E-state index >= 15 is 0 Å². The van der Waals surface area contributed by atoms with E-state index in [0.717, 1.165) is 12.2 Å². The zero-order valence-corrected chi connectivity index (χ0v) is 10.8. The lowest BCUT2D eigenvalue weighted by Gasteiger charge is -2.19. The van der Waals surface area contributed by atoms with Crippen molar-refractivity contribution < 1.29 is 0 Å². The number of fused-ring (bicyclic) bond motifs is 1. The van der Waals surface area contributed by atoms with Crippen molar-refractivity contribution in [1.82, 2.24) is 0 Å². The molecule has 3 rings (SSSR count). The van der Waals surface area contributed by atoms with Gasteiger partial charge >= 0.3 is 0 Å². The number of hydrogen-bond donors (Lipinski definition) is 1. The molecule has 0 aromatic heterocycles. The van der Waals surface area contributed by atoms with Gasteiger partial charge in [0.05, 0.1) is 18.0 Å². The van der Waals surface area contributed by atoms with Gasteiger partial charge < -0.3 is 15.5 Å². The summed E-state index contributed by atoms with van der Waals surface area (Å²) in [6, 6.07) is 19.0. The molecule has 0 radical (unpaired) electrons. The molecule has 3 heteroatoms. The Bertz CT molecular complexity index is 650. The molecule has 0 amide bonds. The van der Waals surface area contributed by atoms with Crippen molar-refractivity contribution in [3.05, 3.63) is 54.1 Å². The van der Waals surface area contributed by atoms with Crippen molar-refractivity contribution in [1.29, 1.82) is 0 Å². The first-order valence-corrected chi connectivity index (χ1v) is 6.19. The summed E-state index contributed by atoms with van der Waals surface area (Å²) < 4.78 is 0. The molecule has 2 aromatic rings. The van der Waals surface area contributed by atoms with Crippen LogP contribution >= 0.6 is 0 Å². The van der Waals surface area contributed by atoms with Crippen molar-refractivity contribution in [2.24, 2.45) is 5.73 Å². The van der Waals surface area contributed by atoms with E-state index < -0.39 is 0 Å². The van der Waals surface area contributed by atoms with Gasteiger partial charge in [0.1, 0.15) is 0 Å². The van der Waals surface area contributed by atoms with Crippen LogP contribution in [0.25, 0.3) is 0 Å². The van der Waals surface area contributed by atoms with Gasteiger partial charge in [-0.1, -0.05) is 12.1 Å². The molecule has 2 N–H and O–H groups in total. The number of nitrogens with zero attached hydrogens (tertiary/aromatic N) is 2. The first kappa shape index (κ1) is 11.5. The minimum Gasteiger partial charge on any atom is -0.359 e. The molecular formula is C16H15N3. The summed E-state index contributed by atoms with van der Waals surface area (Å²) in [5, 5.41) is 0. The molecule has 0 fully saturated rings. The van der Waals surface area contributed by atoms with Crippen LogP contribution in [-0.4, -0.2) is 13.7 Å². The fraction of sp³-hybridized carbons (Fsp3) is 0.125. The van der Waals surface area contributed by atoms with E-state index in [1.54, 1.807) is 0 Å². The monoisotopic (exact) mass is 249 g/mol. The highest BCUT2D eigenvalue weighted by atomic mass is 15.4. The Hall–Kier alpha value is -2.60. The third-order valence-electron chi connectivity index (χ3n) is 3.33. The normalized spacial score (nSPS) is 12.9. The summed E-state index contributed by atoms with van der Waals surface area (Å²) in [6.45, 7) is 0.862. The molecule has 0 saturated heterocycles. The second-order valence-corrected chi connectivity index (χ2v) is 4.57. The lowest BCUT2D eigenvalue weighted by atomic mass is 10.2. The molecule has 94 valence electrons. The maximum Gasteiger partial charge on any atom is 0.0950 e. The molecule has 2 aromatic carbocycles. The predicted octanol–water partition coefficient (Wildman–Crippen LogP) is 2.50. The Morgan fingerprint density at radius 3 is 2.37 bits per heavy atom. The first-order valence-electron chi connectivity index (χ1n) is 6.19. The Labute approximate surface area is 113 Å². The molecule has 0 saturated carbocycles. The number of anilines is 3. The fourth-order valence-corrected chi connectivity index (χ4v) is 2.41. The minimum absolute atomic E-state index is 0.862. The topological polar surface area (TPSA) is 32.5 Å². The Morgan fingerprint density at radius 2 is 1.68 bits per heavy atom.